The zero-order valence-corrected chi connectivity index (χ0v) is 12.5. The molecule has 0 fully saturated rings. The maximum atomic E-state index is 12.2. The number of carbonyl (C=O) groups excluding carboxylic acids is 1. The molecule has 2 aromatic rings. The summed E-state index contributed by atoms with van der Waals surface area (Å²) < 4.78 is 6.97. The van der Waals surface area contributed by atoms with Gasteiger partial charge in [0, 0.05) is 12.1 Å². The number of unbranched alkanes of at least 4 members (excludes halogenated alkanes) is 1. The number of rotatable bonds is 6. The topological polar surface area (TPSA) is 67.9 Å². The highest BCUT2D eigenvalue weighted by atomic mass is 32.2. The highest BCUT2D eigenvalue weighted by Gasteiger charge is 2.18. The van der Waals surface area contributed by atoms with Crippen molar-refractivity contribution in [3.8, 4) is 11.8 Å². The Balaban J connectivity index is 2.23. The van der Waals surface area contributed by atoms with Crippen molar-refractivity contribution in [2.24, 2.45) is 0 Å². The van der Waals surface area contributed by atoms with Crippen LogP contribution in [0.3, 0.4) is 0 Å². The number of imidazole rings is 1. The molecule has 5 nitrogen and oxygen atoms in total. The molecule has 0 bridgehead atoms. The summed E-state index contributed by atoms with van der Waals surface area (Å²) in [5, 5.41) is 9.20. The molecule has 0 aliphatic carbocycles. The molecule has 0 aliphatic rings. The van der Waals surface area contributed by atoms with Crippen LogP contribution >= 0.6 is 11.8 Å². The van der Waals surface area contributed by atoms with Crippen LogP contribution in [0.4, 0.5) is 0 Å². The van der Waals surface area contributed by atoms with E-state index >= 15 is 0 Å². The molecule has 0 amide bonds. The number of nitrogens with zero attached hydrogens (tertiary/aromatic N) is 3. The third kappa shape index (κ3) is 3.64. The van der Waals surface area contributed by atoms with E-state index in [1.54, 1.807) is 4.57 Å². The lowest BCUT2D eigenvalue weighted by atomic mass is 10.3. The second kappa shape index (κ2) is 7.50. The molecular weight excluding hydrogens is 286 g/mol. The number of ether oxygens (including phenoxy) is 1. The second-order valence-corrected chi connectivity index (χ2v) is 4.97. The summed E-state index contributed by atoms with van der Waals surface area (Å²) in [5.41, 5.74) is 1.26. The largest absolute Gasteiger partial charge is 0.461 e. The number of aromatic nitrogens is 2. The van der Waals surface area contributed by atoms with Crippen LogP contribution in [0.25, 0.3) is 5.69 Å². The summed E-state index contributed by atoms with van der Waals surface area (Å²) in [6, 6.07) is 11.6. The quantitative estimate of drug-likeness (QED) is 0.466. The number of hydrogen-bond acceptors (Lipinski definition) is 5. The molecule has 0 spiro atoms. The first-order valence-electron chi connectivity index (χ1n) is 6.49. The SMILES string of the molecule is CSc1ncc(C(=O)OCCCC#N)n1-c1ccccc1. The van der Waals surface area contributed by atoms with E-state index in [1.807, 2.05) is 42.7 Å². The fourth-order valence-corrected chi connectivity index (χ4v) is 2.38. The molecule has 1 aromatic heterocycles. The number of benzene rings is 1. The number of carbonyl (C=O) groups is 1. The fourth-order valence-electron chi connectivity index (χ4n) is 1.84. The minimum absolute atomic E-state index is 0.237. The molecule has 1 aromatic carbocycles. The van der Waals surface area contributed by atoms with Gasteiger partial charge in [-0.3, -0.25) is 4.57 Å². The van der Waals surface area contributed by atoms with Crippen LogP contribution in [0, 0.1) is 11.3 Å². The first-order valence-corrected chi connectivity index (χ1v) is 7.71. The minimum Gasteiger partial charge on any atom is -0.461 e. The van der Waals surface area contributed by atoms with Crippen LogP contribution in [0.15, 0.2) is 41.7 Å². The zero-order chi connectivity index (χ0) is 15.1. The Labute approximate surface area is 127 Å². The van der Waals surface area contributed by atoms with Gasteiger partial charge in [0.1, 0.15) is 0 Å². The standard InChI is InChI=1S/C15H15N3O2S/c1-21-15-17-11-13(14(19)20-10-6-5-9-16)18(15)12-7-3-2-4-8-12/h2-4,7-8,11H,5-6,10H2,1H3. The van der Waals surface area contributed by atoms with Crippen LogP contribution < -0.4 is 0 Å². The summed E-state index contributed by atoms with van der Waals surface area (Å²) >= 11 is 1.46. The Morgan fingerprint density at radius 2 is 2.19 bits per heavy atom. The molecule has 21 heavy (non-hydrogen) atoms. The van der Waals surface area contributed by atoms with Gasteiger partial charge in [0.15, 0.2) is 10.9 Å². The van der Waals surface area contributed by atoms with Crippen LogP contribution in [-0.4, -0.2) is 28.4 Å². The Bertz CT molecular complexity index is 647. The minimum atomic E-state index is -0.426. The van der Waals surface area contributed by atoms with Crippen molar-refractivity contribution in [1.82, 2.24) is 9.55 Å². The molecule has 0 saturated heterocycles. The van der Waals surface area contributed by atoms with Crippen molar-refractivity contribution < 1.29 is 9.53 Å². The number of esters is 1. The monoisotopic (exact) mass is 301 g/mol. The fraction of sp³-hybridized carbons (Fsp3) is 0.267. The van der Waals surface area contributed by atoms with Gasteiger partial charge in [0.2, 0.25) is 0 Å². The summed E-state index contributed by atoms with van der Waals surface area (Å²) in [6.45, 7) is 0.237. The Morgan fingerprint density at radius 1 is 1.43 bits per heavy atom. The van der Waals surface area contributed by atoms with E-state index in [4.69, 9.17) is 10.00 Å². The van der Waals surface area contributed by atoms with Crippen molar-refractivity contribution in [2.75, 3.05) is 12.9 Å². The molecule has 108 valence electrons. The third-order valence-electron chi connectivity index (χ3n) is 2.80. The first-order chi connectivity index (χ1) is 10.3. The summed E-state index contributed by atoms with van der Waals surface area (Å²) in [7, 11) is 0. The number of nitriles is 1. The van der Waals surface area contributed by atoms with Crippen LogP contribution in [0.2, 0.25) is 0 Å². The van der Waals surface area contributed by atoms with Gasteiger partial charge in [-0.05, 0) is 24.8 Å². The number of hydrogen-bond donors (Lipinski definition) is 0. The van der Waals surface area contributed by atoms with Gasteiger partial charge >= 0.3 is 5.97 Å². The smallest absolute Gasteiger partial charge is 0.357 e. The predicted octanol–water partition coefficient (Wildman–Crippen LogP) is 3.05. The number of thioether (sulfide) groups is 1. The Hall–Kier alpha value is -2.26. The van der Waals surface area contributed by atoms with Crippen molar-refractivity contribution in [3.63, 3.8) is 0 Å². The van der Waals surface area contributed by atoms with Crippen molar-refractivity contribution in [2.45, 2.75) is 18.0 Å². The zero-order valence-electron chi connectivity index (χ0n) is 11.7. The van der Waals surface area contributed by atoms with Gasteiger partial charge in [-0.2, -0.15) is 5.26 Å². The molecule has 0 N–H and O–H groups in total. The second-order valence-electron chi connectivity index (χ2n) is 4.20. The van der Waals surface area contributed by atoms with Crippen LogP contribution in [0.1, 0.15) is 23.3 Å². The van der Waals surface area contributed by atoms with Crippen LogP contribution in [-0.2, 0) is 4.74 Å². The number of para-hydroxylation sites is 1. The maximum absolute atomic E-state index is 12.2. The lowest BCUT2D eigenvalue weighted by Gasteiger charge is -2.10. The van der Waals surface area contributed by atoms with Gasteiger partial charge in [-0.1, -0.05) is 30.0 Å². The molecule has 0 radical (unpaired) electrons. The maximum Gasteiger partial charge on any atom is 0.357 e. The van der Waals surface area contributed by atoms with Crippen molar-refractivity contribution >= 4 is 17.7 Å². The molecule has 0 unspecified atom stereocenters. The molecular formula is C15H15N3O2S. The van der Waals surface area contributed by atoms with E-state index in [0.29, 0.717) is 18.5 Å². The summed E-state index contributed by atoms with van der Waals surface area (Å²) in [5.74, 6) is -0.426. The van der Waals surface area contributed by atoms with E-state index in [-0.39, 0.29) is 6.61 Å². The molecule has 0 atom stereocenters. The summed E-state index contributed by atoms with van der Waals surface area (Å²) in [4.78, 5) is 16.4. The van der Waals surface area contributed by atoms with Gasteiger partial charge < -0.3 is 4.74 Å². The predicted molar refractivity (Wildman–Crippen MR) is 80.5 cm³/mol. The van der Waals surface area contributed by atoms with E-state index in [0.717, 1.165) is 10.8 Å². The molecule has 0 saturated carbocycles. The van der Waals surface area contributed by atoms with E-state index in [1.165, 1.54) is 18.0 Å². The molecule has 1 heterocycles. The van der Waals surface area contributed by atoms with Gasteiger partial charge in [-0.15, -0.1) is 0 Å². The van der Waals surface area contributed by atoms with Gasteiger partial charge in [-0.25, -0.2) is 9.78 Å². The van der Waals surface area contributed by atoms with E-state index < -0.39 is 5.97 Å². The highest BCUT2D eigenvalue weighted by molar-refractivity contribution is 7.98. The van der Waals surface area contributed by atoms with Crippen molar-refractivity contribution in [1.29, 1.82) is 5.26 Å². The molecule has 0 aliphatic heterocycles. The molecule has 2 rings (SSSR count). The lowest BCUT2D eigenvalue weighted by molar-refractivity contribution is 0.0491. The average molecular weight is 301 g/mol. The van der Waals surface area contributed by atoms with Crippen LogP contribution in [0.5, 0.6) is 0 Å². The normalized spacial score (nSPS) is 10.1. The Kier molecular flexibility index (Phi) is 5.41. The van der Waals surface area contributed by atoms with Gasteiger partial charge in [0.25, 0.3) is 0 Å². The van der Waals surface area contributed by atoms with Crippen molar-refractivity contribution in [3.05, 3.63) is 42.2 Å². The summed E-state index contributed by atoms with van der Waals surface area (Å²) in [6.07, 6.45) is 4.34. The van der Waals surface area contributed by atoms with Gasteiger partial charge in [0.05, 0.1) is 18.9 Å². The average Bonchev–Trinajstić information content (AvgIpc) is 2.96. The first kappa shape index (κ1) is 15.1. The third-order valence-corrected chi connectivity index (χ3v) is 3.45. The molecule has 6 heteroatoms. The van der Waals surface area contributed by atoms with E-state index in [9.17, 15) is 4.79 Å². The Morgan fingerprint density at radius 3 is 2.86 bits per heavy atom. The highest BCUT2D eigenvalue weighted by Crippen LogP contribution is 2.22. The lowest BCUT2D eigenvalue weighted by Crippen LogP contribution is -2.12. The van der Waals surface area contributed by atoms with E-state index in [2.05, 4.69) is 4.98 Å².